The number of hydrogen-bond acceptors (Lipinski definition) is 8. The molecule has 0 aliphatic carbocycles. The Kier molecular flexibility index (Phi) is 16.2. The topological polar surface area (TPSA) is 73.8 Å². The number of methoxy groups -OCH3 is 8. The fourth-order valence-electron chi connectivity index (χ4n) is 12.8. The van der Waals surface area contributed by atoms with Gasteiger partial charge in [-0.25, -0.2) is 0 Å². The van der Waals surface area contributed by atoms with Gasteiger partial charge in [-0.1, -0.05) is 24.3 Å². The van der Waals surface area contributed by atoms with Crippen molar-refractivity contribution in [2.75, 3.05) is 56.9 Å². The molecule has 0 bridgehead atoms. The molecule has 0 atom stereocenters. The van der Waals surface area contributed by atoms with E-state index in [1.165, 1.54) is 0 Å². The third kappa shape index (κ3) is 10.7. The molecule has 0 spiro atoms. The maximum absolute atomic E-state index is 5.85. The Labute approximate surface area is 526 Å². The monoisotopic (exact) mass is 1180 g/mol. The molecule has 0 heterocycles. The Balaban J connectivity index is 1.30. The number of fused-ring (bicyclic) bond motifs is 4. The first kappa shape index (κ1) is 57.8. The van der Waals surface area contributed by atoms with Gasteiger partial charge in [-0.2, -0.15) is 0 Å². The van der Waals surface area contributed by atoms with Crippen LogP contribution in [-0.4, -0.2) is 56.9 Å². The number of rotatable bonds is 20. The second-order valence-corrected chi connectivity index (χ2v) is 21.9. The smallest absolute Gasteiger partial charge is 0.129 e. The van der Waals surface area contributed by atoms with Gasteiger partial charge in [0.25, 0.3) is 0 Å². The van der Waals surface area contributed by atoms with E-state index in [4.69, 9.17) is 37.9 Å². The van der Waals surface area contributed by atoms with E-state index in [9.17, 15) is 0 Å². The molecule has 0 radical (unpaired) electrons. The summed E-state index contributed by atoms with van der Waals surface area (Å²) >= 11 is 0. The highest BCUT2D eigenvalue weighted by molar-refractivity contribution is 6.19. The zero-order chi connectivity index (χ0) is 61.8. The van der Waals surface area contributed by atoms with Crippen LogP contribution in [0.3, 0.4) is 0 Å². The number of benzene rings is 13. The summed E-state index contributed by atoms with van der Waals surface area (Å²) in [4.78, 5) is 0. The molecule has 90 heavy (non-hydrogen) atoms. The molecule has 0 amide bonds. The van der Waals surface area contributed by atoms with Gasteiger partial charge >= 0.3 is 0 Å². The average molecular weight is 1180 g/mol. The van der Waals surface area contributed by atoms with Crippen LogP contribution in [0.5, 0.6) is 46.0 Å². The van der Waals surface area contributed by atoms with Crippen LogP contribution in [-0.2, 0) is 0 Å². The highest BCUT2D eigenvalue weighted by Gasteiger charge is 2.40. The maximum atomic E-state index is 5.85. The van der Waals surface area contributed by atoms with Crippen LogP contribution in [0.15, 0.2) is 255 Å². The minimum atomic E-state index is 0.757. The molecule has 13 rings (SSSR count). The third-order valence-electron chi connectivity index (χ3n) is 17.2. The number of hydrogen-bond donors (Lipinski definition) is 0. The van der Waals surface area contributed by atoms with Crippen molar-refractivity contribution in [3.8, 4) is 46.0 Å². The van der Waals surface area contributed by atoms with Crippen molar-refractivity contribution in [3.63, 3.8) is 0 Å². The van der Waals surface area contributed by atoms with Gasteiger partial charge in [0.05, 0.1) is 190 Å². The van der Waals surface area contributed by atoms with Crippen LogP contribution >= 0.6 is 0 Å². The molecule has 0 unspecified atom stereocenters. The van der Waals surface area contributed by atoms with Crippen LogP contribution in [0.4, 0.5) is 0 Å². The van der Waals surface area contributed by atoms with Crippen molar-refractivity contribution in [2.24, 2.45) is 0 Å². The predicted molar refractivity (Wildman–Crippen MR) is 363 cm³/mol. The first-order valence-electron chi connectivity index (χ1n) is 29.8. The summed E-state index contributed by atoms with van der Waals surface area (Å²) in [6.45, 7) is 0. The van der Waals surface area contributed by atoms with E-state index in [2.05, 4.69) is 158 Å². The van der Waals surface area contributed by atoms with Gasteiger partial charge in [0, 0.05) is 109 Å². The zero-order valence-corrected chi connectivity index (χ0v) is 51.5. The van der Waals surface area contributed by atoms with Crippen molar-refractivity contribution in [1.82, 2.24) is 0 Å². The molecule has 438 valence electrons. The Morgan fingerprint density at radius 2 is 0.300 bits per heavy atom. The summed E-state index contributed by atoms with van der Waals surface area (Å²) in [5.74, 6) is 10.2. The van der Waals surface area contributed by atoms with Gasteiger partial charge in [-0.15, -0.1) is 0 Å². The average Bonchev–Trinajstić information content (AvgIpc) is 0.735. The van der Waals surface area contributed by atoms with Crippen LogP contribution in [0, 0.1) is 23.7 Å². The summed E-state index contributed by atoms with van der Waals surface area (Å²) in [5.41, 5.74) is 12.3. The molecule has 8 nitrogen and oxygen atoms in total. The van der Waals surface area contributed by atoms with E-state index < -0.39 is 0 Å². The van der Waals surface area contributed by atoms with E-state index in [1.807, 2.05) is 97.1 Å². The van der Waals surface area contributed by atoms with Crippen LogP contribution in [0.2, 0.25) is 0 Å². The highest BCUT2D eigenvalue weighted by Crippen LogP contribution is 2.53. The minimum Gasteiger partial charge on any atom is -0.496 e. The van der Waals surface area contributed by atoms with Crippen molar-refractivity contribution in [2.45, 2.75) is 0 Å². The molecular formula is C82H66O8+4. The molecule has 0 fully saturated rings. The second-order valence-electron chi connectivity index (χ2n) is 21.9. The quantitative estimate of drug-likeness (QED) is 0.0425. The van der Waals surface area contributed by atoms with Crippen molar-refractivity contribution < 1.29 is 37.9 Å². The molecule has 13 aromatic rings. The van der Waals surface area contributed by atoms with E-state index in [-0.39, 0.29) is 0 Å². The second kappa shape index (κ2) is 25.2. The van der Waals surface area contributed by atoms with E-state index >= 15 is 0 Å². The van der Waals surface area contributed by atoms with E-state index in [0.29, 0.717) is 0 Å². The van der Waals surface area contributed by atoms with E-state index in [1.54, 1.807) is 56.9 Å². The summed E-state index contributed by atoms with van der Waals surface area (Å²) in [6, 6.07) is 90.1. The van der Waals surface area contributed by atoms with Crippen molar-refractivity contribution >= 4 is 43.1 Å². The molecule has 0 aromatic heterocycles. The summed E-state index contributed by atoms with van der Waals surface area (Å²) in [7, 11) is 13.7. The third-order valence-corrected chi connectivity index (χ3v) is 17.2. The lowest BCUT2D eigenvalue weighted by molar-refractivity contribution is 0.414. The predicted octanol–water partition coefficient (Wildman–Crippen LogP) is 18.4. The van der Waals surface area contributed by atoms with Crippen molar-refractivity contribution in [3.05, 3.63) is 345 Å². The lowest BCUT2D eigenvalue weighted by Gasteiger charge is -2.24. The van der Waals surface area contributed by atoms with Gasteiger partial charge in [0.2, 0.25) is 0 Å². The molecule has 13 aromatic carbocycles. The highest BCUT2D eigenvalue weighted by atomic mass is 16.5. The fourth-order valence-corrected chi connectivity index (χ4v) is 12.8. The summed E-state index contributed by atoms with van der Waals surface area (Å²) < 4.78 is 46.8. The largest absolute Gasteiger partial charge is 0.496 e. The molecule has 0 aliphatic heterocycles. The molecule has 0 saturated heterocycles. The summed E-state index contributed by atoms with van der Waals surface area (Å²) in [6.07, 6.45) is 0. The summed E-state index contributed by atoms with van der Waals surface area (Å²) in [5, 5.41) is 8.33. The van der Waals surface area contributed by atoms with Crippen LogP contribution < -0.4 is 37.9 Å². The lowest BCUT2D eigenvalue weighted by Crippen LogP contribution is -2.13. The minimum absolute atomic E-state index is 0.757. The molecule has 0 N–H and O–H groups in total. The zero-order valence-electron chi connectivity index (χ0n) is 51.5. The Hall–Kier alpha value is -11.2. The van der Waals surface area contributed by atoms with Crippen LogP contribution in [0.25, 0.3) is 43.1 Å². The number of ether oxygens (including phenoxy) is 8. The van der Waals surface area contributed by atoms with E-state index in [0.717, 1.165) is 180 Å². The normalized spacial score (nSPS) is 11.1. The van der Waals surface area contributed by atoms with Gasteiger partial charge in [0.1, 0.15) is 46.0 Å². The van der Waals surface area contributed by atoms with Crippen LogP contribution in [0.1, 0.15) is 66.8 Å². The first-order valence-corrected chi connectivity index (χ1v) is 29.8. The van der Waals surface area contributed by atoms with Gasteiger partial charge in [-0.3, -0.25) is 0 Å². The Morgan fingerprint density at radius 3 is 0.422 bits per heavy atom. The van der Waals surface area contributed by atoms with Gasteiger partial charge < -0.3 is 37.9 Å². The van der Waals surface area contributed by atoms with Gasteiger partial charge in [0.15, 0.2) is 0 Å². The first-order chi connectivity index (χ1) is 44.3. The molecule has 8 heteroatoms. The fraction of sp³-hybridized carbons (Fsp3) is 0.0976. The maximum Gasteiger partial charge on any atom is 0.129 e. The standard InChI is InChI=1S/C82H66O8/c1-83-59-33-17-51(18-34-59)75(52-19-35-60(84-2)36-20-52)79-67-13-9-10-14-68(67)80(76(53-21-37-61(85-3)38-22-53)54-23-39-62(86-4)40-24-54)72-50-74-73(49-71(72)79)81(77(55-25-41-63(87-5)42-26-55)56-27-43-64(88-6)44-28-56)69-15-11-12-16-70(69)82(74)78(57-29-45-65(89-7)46-30-57)58-31-47-66(90-8)48-32-58/h9-50H,1-8H3/q+4. The SMILES string of the molecule is COc1ccc([C+](c2ccc(OC)cc2)c2c3ccccc3c([C+](c3ccc(OC)cc3)c3ccc(OC)cc3)c3cc4c([C+](c5ccc(OC)cc5)c5ccc(OC)cc5)c5ccccc5c([C+](c5ccc(OC)cc5)c5ccc(OC)cc5)c4cc23)cc1. The Bertz CT molecular complexity index is 3850. The Morgan fingerprint density at radius 1 is 0.167 bits per heavy atom. The molecule has 0 saturated carbocycles. The molecule has 0 aliphatic rings. The molecular weight excluding hydrogens is 1110 g/mol. The lowest BCUT2D eigenvalue weighted by atomic mass is 9.72. The van der Waals surface area contributed by atoms with Gasteiger partial charge in [-0.05, 0) is 121 Å². The van der Waals surface area contributed by atoms with Crippen molar-refractivity contribution in [1.29, 1.82) is 0 Å².